The second-order valence-electron chi connectivity index (χ2n) is 6.38. The Bertz CT molecular complexity index is 1100. The molecule has 0 bridgehead atoms. The lowest BCUT2D eigenvalue weighted by Gasteiger charge is -2.24. The monoisotopic (exact) mass is 402 g/mol. The minimum absolute atomic E-state index is 0.00200. The minimum atomic E-state index is -0.823. The summed E-state index contributed by atoms with van der Waals surface area (Å²) < 4.78 is 11.1. The van der Waals surface area contributed by atoms with Crippen molar-refractivity contribution in [1.29, 1.82) is 0 Å². The Kier molecular flexibility index (Phi) is 5.66. The number of aromatic hydroxyl groups is 1. The van der Waals surface area contributed by atoms with E-state index in [0.29, 0.717) is 28.4 Å². The van der Waals surface area contributed by atoms with Crippen LogP contribution in [0.5, 0.6) is 17.2 Å². The SMILES string of the molecule is O=C(N/N=C/c1cc(N=Nc2ccccc2)ccc1O)C1COc2ccccc2O1. The van der Waals surface area contributed by atoms with Gasteiger partial charge in [-0.15, -0.1) is 0 Å². The molecule has 0 aromatic heterocycles. The summed E-state index contributed by atoms with van der Waals surface area (Å²) >= 11 is 0. The number of nitrogens with one attached hydrogen (secondary N) is 1. The molecule has 3 aromatic rings. The minimum Gasteiger partial charge on any atom is -0.507 e. The van der Waals surface area contributed by atoms with Crippen LogP contribution in [-0.2, 0) is 4.79 Å². The van der Waals surface area contributed by atoms with E-state index in [2.05, 4.69) is 20.8 Å². The van der Waals surface area contributed by atoms with Crippen LogP contribution in [0.15, 0.2) is 88.1 Å². The molecule has 1 amide bonds. The fourth-order valence-corrected chi connectivity index (χ4v) is 2.70. The number of phenols is 1. The zero-order valence-corrected chi connectivity index (χ0v) is 15.8. The molecule has 0 saturated carbocycles. The van der Waals surface area contributed by atoms with Gasteiger partial charge in [0.1, 0.15) is 12.4 Å². The second kappa shape index (κ2) is 8.87. The van der Waals surface area contributed by atoms with E-state index >= 15 is 0 Å². The van der Waals surface area contributed by atoms with Gasteiger partial charge in [-0.3, -0.25) is 4.79 Å². The second-order valence-corrected chi connectivity index (χ2v) is 6.38. The maximum atomic E-state index is 12.3. The summed E-state index contributed by atoms with van der Waals surface area (Å²) in [5.74, 6) is 0.636. The van der Waals surface area contributed by atoms with Crippen molar-refractivity contribution in [3.63, 3.8) is 0 Å². The number of para-hydroxylation sites is 2. The molecule has 3 aromatic carbocycles. The van der Waals surface area contributed by atoms with Gasteiger partial charge in [-0.25, -0.2) is 5.43 Å². The first-order valence-electron chi connectivity index (χ1n) is 9.20. The van der Waals surface area contributed by atoms with Gasteiger partial charge >= 0.3 is 0 Å². The van der Waals surface area contributed by atoms with E-state index in [1.54, 1.807) is 30.3 Å². The van der Waals surface area contributed by atoms with E-state index in [4.69, 9.17) is 9.47 Å². The Morgan fingerprint density at radius 1 is 0.967 bits per heavy atom. The molecule has 2 N–H and O–H groups in total. The van der Waals surface area contributed by atoms with Crippen molar-refractivity contribution in [2.45, 2.75) is 6.10 Å². The zero-order valence-electron chi connectivity index (χ0n) is 15.8. The lowest BCUT2D eigenvalue weighted by molar-refractivity contribution is -0.130. The number of ether oxygens (including phenoxy) is 2. The van der Waals surface area contributed by atoms with E-state index in [-0.39, 0.29) is 12.4 Å². The first kappa shape index (κ1) is 19.1. The van der Waals surface area contributed by atoms with E-state index < -0.39 is 12.0 Å². The van der Waals surface area contributed by atoms with Crippen molar-refractivity contribution in [2.24, 2.45) is 15.3 Å². The highest BCUT2D eigenvalue weighted by Gasteiger charge is 2.26. The van der Waals surface area contributed by atoms with Crippen LogP contribution in [0, 0.1) is 0 Å². The van der Waals surface area contributed by atoms with Gasteiger partial charge < -0.3 is 14.6 Å². The number of fused-ring (bicyclic) bond motifs is 1. The maximum Gasteiger partial charge on any atom is 0.284 e. The number of hydrogen-bond acceptors (Lipinski definition) is 7. The maximum absolute atomic E-state index is 12.3. The van der Waals surface area contributed by atoms with Gasteiger partial charge in [0.2, 0.25) is 6.10 Å². The summed E-state index contributed by atoms with van der Waals surface area (Å²) in [4.78, 5) is 12.3. The summed E-state index contributed by atoms with van der Waals surface area (Å²) in [5.41, 5.74) is 4.02. The Labute approximate surface area is 172 Å². The number of hydrogen-bond donors (Lipinski definition) is 2. The standard InChI is InChI=1S/C22H18N4O4/c27-18-11-10-17(25-24-16-6-2-1-3-7-16)12-15(18)13-23-26-22(28)21-14-29-19-8-4-5-9-20(19)30-21/h1-13,21,27H,14H2,(H,26,28)/b23-13+,25-24?. The van der Waals surface area contributed by atoms with E-state index in [9.17, 15) is 9.90 Å². The molecule has 1 heterocycles. The molecule has 0 saturated heterocycles. The highest BCUT2D eigenvalue weighted by molar-refractivity contribution is 5.87. The molecular weight excluding hydrogens is 384 g/mol. The molecule has 1 aliphatic rings. The number of carbonyl (C=O) groups excluding carboxylic acids is 1. The lowest BCUT2D eigenvalue weighted by atomic mass is 10.2. The summed E-state index contributed by atoms with van der Waals surface area (Å²) in [5, 5.41) is 22.2. The lowest BCUT2D eigenvalue weighted by Crippen LogP contribution is -2.42. The number of hydrazone groups is 1. The van der Waals surface area contributed by atoms with E-state index in [0.717, 1.165) is 0 Å². The fraction of sp³-hybridized carbons (Fsp3) is 0.0909. The molecule has 150 valence electrons. The predicted octanol–water partition coefficient (Wildman–Crippen LogP) is 4.10. The van der Waals surface area contributed by atoms with Crippen molar-refractivity contribution in [1.82, 2.24) is 5.43 Å². The van der Waals surface area contributed by atoms with Gasteiger partial charge in [-0.05, 0) is 42.5 Å². The Morgan fingerprint density at radius 3 is 2.53 bits per heavy atom. The molecule has 1 atom stereocenters. The van der Waals surface area contributed by atoms with Crippen LogP contribution in [0.4, 0.5) is 11.4 Å². The van der Waals surface area contributed by atoms with Crippen molar-refractivity contribution in [3.05, 3.63) is 78.4 Å². The summed E-state index contributed by atoms with van der Waals surface area (Å²) in [7, 11) is 0. The summed E-state index contributed by atoms with van der Waals surface area (Å²) in [6, 6.07) is 21.1. The van der Waals surface area contributed by atoms with Crippen LogP contribution in [0.25, 0.3) is 0 Å². The normalized spacial score (nSPS) is 15.4. The molecule has 8 nitrogen and oxygen atoms in total. The topological polar surface area (TPSA) is 105 Å². The summed E-state index contributed by atoms with van der Waals surface area (Å²) in [6.07, 6.45) is 0.503. The highest BCUT2D eigenvalue weighted by Crippen LogP contribution is 2.30. The van der Waals surface area contributed by atoms with Gasteiger partial charge in [-0.2, -0.15) is 15.3 Å². The summed E-state index contributed by atoms with van der Waals surface area (Å²) in [6.45, 7) is 0.0823. The van der Waals surface area contributed by atoms with Crippen molar-refractivity contribution in [3.8, 4) is 17.2 Å². The molecule has 1 unspecified atom stereocenters. The smallest absolute Gasteiger partial charge is 0.284 e. The Balaban J connectivity index is 1.39. The van der Waals surface area contributed by atoms with Gasteiger partial charge in [0.05, 0.1) is 17.6 Å². The number of rotatable bonds is 5. The highest BCUT2D eigenvalue weighted by atomic mass is 16.6. The third-order valence-corrected chi connectivity index (χ3v) is 4.23. The van der Waals surface area contributed by atoms with Gasteiger partial charge in [0.15, 0.2) is 11.5 Å². The number of phenolic OH excluding ortho intramolecular Hbond substituents is 1. The fourth-order valence-electron chi connectivity index (χ4n) is 2.70. The van der Waals surface area contributed by atoms with Crippen molar-refractivity contribution < 1.29 is 19.4 Å². The van der Waals surface area contributed by atoms with E-state index in [1.807, 2.05) is 36.4 Å². The third-order valence-electron chi connectivity index (χ3n) is 4.23. The average Bonchev–Trinajstić information content (AvgIpc) is 2.79. The van der Waals surface area contributed by atoms with Crippen molar-refractivity contribution in [2.75, 3.05) is 6.61 Å². The van der Waals surface area contributed by atoms with Gasteiger partial charge in [0, 0.05) is 5.56 Å². The van der Waals surface area contributed by atoms with Crippen LogP contribution in [0.3, 0.4) is 0 Å². The van der Waals surface area contributed by atoms with Crippen LogP contribution < -0.4 is 14.9 Å². The molecule has 4 rings (SSSR count). The quantitative estimate of drug-likeness (QED) is 0.381. The molecule has 0 fully saturated rings. The van der Waals surface area contributed by atoms with Crippen LogP contribution in [0.2, 0.25) is 0 Å². The molecule has 0 aliphatic carbocycles. The molecule has 30 heavy (non-hydrogen) atoms. The number of benzene rings is 3. The van der Waals surface area contributed by atoms with Crippen LogP contribution in [-0.4, -0.2) is 29.9 Å². The Hall–Kier alpha value is -4.20. The number of carbonyl (C=O) groups is 1. The Morgan fingerprint density at radius 2 is 1.70 bits per heavy atom. The zero-order chi connectivity index (χ0) is 20.8. The average molecular weight is 402 g/mol. The largest absolute Gasteiger partial charge is 0.507 e. The first-order chi connectivity index (χ1) is 14.7. The van der Waals surface area contributed by atoms with Crippen LogP contribution >= 0.6 is 0 Å². The number of amides is 1. The molecule has 1 aliphatic heterocycles. The molecule has 0 spiro atoms. The number of azo groups is 1. The van der Waals surface area contributed by atoms with Crippen molar-refractivity contribution >= 4 is 23.5 Å². The van der Waals surface area contributed by atoms with Gasteiger partial charge in [-0.1, -0.05) is 30.3 Å². The third kappa shape index (κ3) is 4.61. The predicted molar refractivity (Wildman–Crippen MR) is 111 cm³/mol. The van der Waals surface area contributed by atoms with E-state index in [1.165, 1.54) is 12.3 Å². The first-order valence-corrected chi connectivity index (χ1v) is 9.20. The molecule has 0 radical (unpaired) electrons. The number of nitrogens with zero attached hydrogens (tertiary/aromatic N) is 3. The molecule has 8 heteroatoms. The molecular formula is C22H18N4O4. The van der Waals surface area contributed by atoms with Gasteiger partial charge in [0.25, 0.3) is 5.91 Å². The van der Waals surface area contributed by atoms with Crippen LogP contribution in [0.1, 0.15) is 5.56 Å².